The van der Waals surface area contributed by atoms with Crippen LogP contribution in [0.25, 0.3) is 0 Å². The summed E-state index contributed by atoms with van der Waals surface area (Å²) in [6, 6.07) is 8.48. The molecule has 0 bridgehead atoms. The first kappa shape index (κ1) is 14.8. The Hall–Kier alpha value is -1.10. The molecule has 2 aliphatic carbocycles. The molecule has 4 nitrogen and oxygen atoms in total. The van der Waals surface area contributed by atoms with E-state index in [1.54, 1.807) is 0 Å². The summed E-state index contributed by atoms with van der Waals surface area (Å²) in [6.45, 7) is 2.75. The smallest absolute Gasteiger partial charge is 0.119 e. The first-order valence-electron chi connectivity index (χ1n) is 8.08. The van der Waals surface area contributed by atoms with Gasteiger partial charge in [0.15, 0.2) is 0 Å². The number of rotatable bonds is 9. The molecule has 116 valence electrons. The highest BCUT2D eigenvalue weighted by Gasteiger charge is 2.34. The number of aliphatic hydroxyl groups is 1. The highest BCUT2D eigenvalue weighted by Crippen LogP contribution is 2.34. The van der Waals surface area contributed by atoms with Crippen molar-refractivity contribution in [1.82, 2.24) is 4.90 Å². The summed E-state index contributed by atoms with van der Waals surface area (Å²) in [7, 11) is 0. The van der Waals surface area contributed by atoms with Crippen molar-refractivity contribution in [2.45, 2.75) is 44.4 Å². The molecule has 1 aromatic carbocycles. The van der Waals surface area contributed by atoms with Crippen molar-refractivity contribution in [3.05, 3.63) is 29.8 Å². The molecule has 0 aromatic heterocycles. The predicted octanol–water partition coefficient (Wildman–Crippen LogP) is 1.76. The van der Waals surface area contributed by atoms with Gasteiger partial charge in [0.05, 0.1) is 0 Å². The van der Waals surface area contributed by atoms with Gasteiger partial charge in [0, 0.05) is 25.7 Å². The standard InChI is InChI=1S/C17H26N2O2/c18-9-14-2-1-3-17(8-14)21-12-16(20)11-19(15-6-7-15)10-13-4-5-13/h1-3,8,13,15-16,20H,4-7,9-12,18H2. The molecular weight excluding hydrogens is 264 g/mol. The number of hydrogen-bond donors (Lipinski definition) is 2. The summed E-state index contributed by atoms with van der Waals surface area (Å²) in [6.07, 6.45) is 4.88. The third kappa shape index (κ3) is 4.70. The molecule has 2 fully saturated rings. The Morgan fingerprint density at radius 3 is 2.76 bits per heavy atom. The van der Waals surface area contributed by atoms with E-state index in [4.69, 9.17) is 10.5 Å². The van der Waals surface area contributed by atoms with Gasteiger partial charge >= 0.3 is 0 Å². The second-order valence-electron chi connectivity index (χ2n) is 6.44. The van der Waals surface area contributed by atoms with Gasteiger partial charge in [-0.3, -0.25) is 4.90 Å². The van der Waals surface area contributed by atoms with Gasteiger partial charge in [0.25, 0.3) is 0 Å². The van der Waals surface area contributed by atoms with Crippen LogP contribution in [0.5, 0.6) is 5.75 Å². The third-order valence-corrected chi connectivity index (χ3v) is 4.27. The van der Waals surface area contributed by atoms with Crippen molar-refractivity contribution < 1.29 is 9.84 Å². The largest absolute Gasteiger partial charge is 0.491 e. The monoisotopic (exact) mass is 290 g/mol. The zero-order valence-corrected chi connectivity index (χ0v) is 12.6. The van der Waals surface area contributed by atoms with Gasteiger partial charge in [-0.1, -0.05) is 12.1 Å². The molecule has 0 amide bonds. The molecule has 0 saturated heterocycles. The Morgan fingerprint density at radius 1 is 1.29 bits per heavy atom. The van der Waals surface area contributed by atoms with Crippen molar-refractivity contribution in [3.8, 4) is 5.75 Å². The SMILES string of the molecule is NCc1cccc(OCC(O)CN(CC2CC2)C2CC2)c1. The van der Waals surface area contributed by atoms with Gasteiger partial charge in [-0.2, -0.15) is 0 Å². The maximum Gasteiger partial charge on any atom is 0.119 e. The fraction of sp³-hybridized carbons (Fsp3) is 0.647. The first-order chi connectivity index (χ1) is 10.2. The summed E-state index contributed by atoms with van der Waals surface area (Å²) in [5, 5.41) is 10.2. The average Bonchev–Trinajstić information content (AvgIpc) is 3.37. The molecule has 1 aromatic rings. The Labute approximate surface area is 126 Å². The number of aliphatic hydroxyl groups excluding tert-OH is 1. The molecule has 3 rings (SSSR count). The van der Waals surface area contributed by atoms with E-state index in [0.717, 1.165) is 30.3 Å². The molecule has 2 saturated carbocycles. The summed E-state index contributed by atoms with van der Waals surface area (Å²) in [5.41, 5.74) is 6.67. The van der Waals surface area contributed by atoms with E-state index in [1.807, 2.05) is 24.3 Å². The summed E-state index contributed by atoms with van der Waals surface area (Å²) in [4.78, 5) is 2.46. The average molecular weight is 290 g/mol. The van der Waals surface area contributed by atoms with E-state index in [0.29, 0.717) is 19.2 Å². The number of nitrogens with two attached hydrogens (primary N) is 1. The van der Waals surface area contributed by atoms with E-state index in [9.17, 15) is 5.11 Å². The first-order valence-corrected chi connectivity index (χ1v) is 8.08. The second kappa shape index (κ2) is 6.77. The molecule has 0 spiro atoms. The molecule has 0 aliphatic heterocycles. The molecule has 1 atom stereocenters. The number of ether oxygens (including phenoxy) is 1. The van der Waals surface area contributed by atoms with Crippen LogP contribution in [0.3, 0.4) is 0 Å². The Morgan fingerprint density at radius 2 is 2.10 bits per heavy atom. The fourth-order valence-electron chi connectivity index (χ4n) is 2.72. The van der Waals surface area contributed by atoms with Crippen molar-refractivity contribution >= 4 is 0 Å². The van der Waals surface area contributed by atoms with E-state index in [-0.39, 0.29) is 0 Å². The summed E-state index contributed by atoms with van der Waals surface area (Å²) >= 11 is 0. The lowest BCUT2D eigenvalue weighted by atomic mass is 10.2. The van der Waals surface area contributed by atoms with Gasteiger partial charge in [-0.15, -0.1) is 0 Å². The Balaban J connectivity index is 1.45. The van der Waals surface area contributed by atoms with Crippen LogP contribution >= 0.6 is 0 Å². The van der Waals surface area contributed by atoms with Crippen molar-refractivity contribution in [2.75, 3.05) is 19.7 Å². The number of nitrogens with zero attached hydrogens (tertiary/aromatic N) is 1. The zero-order chi connectivity index (χ0) is 14.7. The molecule has 4 heteroatoms. The Kier molecular flexibility index (Phi) is 4.78. The topological polar surface area (TPSA) is 58.7 Å². The maximum absolute atomic E-state index is 10.2. The predicted molar refractivity (Wildman–Crippen MR) is 83.2 cm³/mol. The lowest BCUT2D eigenvalue weighted by Crippen LogP contribution is -2.38. The lowest BCUT2D eigenvalue weighted by molar-refractivity contribution is 0.0637. The van der Waals surface area contributed by atoms with Gasteiger partial charge < -0.3 is 15.6 Å². The van der Waals surface area contributed by atoms with Crippen LogP contribution in [0.15, 0.2) is 24.3 Å². The Bertz CT molecular complexity index is 458. The summed E-state index contributed by atoms with van der Waals surface area (Å²) in [5.74, 6) is 1.66. The van der Waals surface area contributed by atoms with E-state index in [2.05, 4.69) is 4.90 Å². The second-order valence-corrected chi connectivity index (χ2v) is 6.44. The van der Waals surface area contributed by atoms with Crippen LogP contribution in [-0.4, -0.2) is 41.8 Å². The van der Waals surface area contributed by atoms with E-state index in [1.165, 1.54) is 25.7 Å². The van der Waals surface area contributed by atoms with Crippen molar-refractivity contribution in [3.63, 3.8) is 0 Å². The highest BCUT2D eigenvalue weighted by atomic mass is 16.5. The van der Waals surface area contributed by atoms with Gasteiger partial charge in [-0.25, -0.2) is 0 Å². The van der Waals surface area contributed by atoms with Crippen LogP contribution in [0.4, 0.5) is 0 Å². The molecule has 0 radical (unpaired) electrons. The number of hydrogen-bond acceptors (Lipinski definition) is 4. The normalized spacial score (nSPS) is 19.8. The van der Waals surface area contributed by atoms with Gasteiger partial charge in [0.2, 0.25) is 0 Å². The van der Waals surface area contributed by atoms with Crippen LogP contribution in [-0.2, 0) is 6.54 Å². The zero-order valence-electron chi connectivity index (χ0n) is 12.6. The molecule has 0 heterocycles. The third-order valence-electron chi connectivity index (χ3n) is 4.27. The van der Waals surface area contributed by atoms with Crippen LogP contribution in [0, 0.1) is 5.92 Å². The van der Waals surface area contributed by atoms with Crippen LogP contribution in [0.2, 0.25) is 0 Å². The minimum Gasteiger partial charge on any atom is -0.491 e. The lowest BCUT2D eigenvalue weighted by Gasteiger charge is -2.25. The van der Waals surface area contributed by atoms with Crippen molar-refractivity contribution in [2.24, 2.45) is 11.7 Å². The minimum atomic E-state index is -0.425. The van der Waals surface area contributed by atoms with Crippen LogP contribution < -0.4 is 10.5 Å². The fourth-order valence-corrected chi connectivity index (χ4v) is 2.72. The minimum absolute atomic E-state index is 0.349. The molecule has 3 N–H and O–H groups in total. The van der Waals surface area contributed by atoms with E-state index < -0.39 is 6.10 Å². The molecule has 1 unspecified atom stereocenters. The quantitative estimate of drug-likeness (QED) is 0.727. The maximum atomic E-state index is 10.2. The molecule has 21 heavy (non-hydrogen) atoms. The van der Waals surface area contributed by atoms with E-state index >= 15 is 0 Å². The highest BCUT2D eigenvalue weighted by molar-refractivity contribution is 5.28. The molecule has 2 aliphatic rings. The van der Waals surface area contributed by atoms with Crippen molar-refractivity contribution in [1.29, 1.82) is 0 Å². The molecular formula is C17H26N2O2. The number of benzene rings is 1. The van der Waals surface area contributed by atoms with Gasteiger partial charge in [-0.05, 0) is 49.3 Å². The van der Waals surface area contributed by atoms with Gasteiger partial charge in [0.1, 0.15) is 18.5 Å². The summed E-state index contributed by atoms with van der Waals surface area (Å²) < 4.78 is 5.70. The van der Waals surface area contributed by atoms with Crippen LogP contribution in [0.1, 0.15) is 31.2 Å².